The first kappa shape index (κ1) is 15.0. The quantitative estimate of drug-likeness (QED) is 0.702. The molecule has 0 bridgehead atoms. The molecular weight excluding hydrogens is 254 g/mol. The number of rotatable bonds is 8. The molecule has 1 fully saturated rings. The van der Waals surface area contributed by atoms with E-state index < -0.39 is 0 Å². The van der Waals surface area contributed by atoms with Crippen LogP contribution in [0, 0.1) is 0 Å². The fourth-order valence-corrected chi connectivity index (χ4v) is 2.15. The van der Waals surface area contributed by atoms with Crippen LogP contribution in [0.25, 0.3) is 0 Å². The second-order valence-electron chi connectivity index (χ2n) is 4.95. The van der Waals surface area contributed by atoms with Crippen molar-refractivity contribution in [1.82, 2.24) is 14.9 Å². The van der Waals surface area contributed by atoms with Crippen molar-refractivity contribution in [3.63, 3.8) is 0 Å². The van der Waals surface area contributed by atoms with E-state index in [-0.39, 0.29) is 0 Å². The summed E-state index contributed by atoms with van der Waals surface area (Å²) < 4.78 is 5.34. The maximum atomic E-state index is 5.34. The summed E-state index contributed by atoms with van der Waals surface area (Å²) in [6.45, 7) is 8.96. The maximum Gasteiger partial charge on any atom is 0.131 e. The van der Waals surface area contributed by atoms with Crippen LogP contribution in [0.2, 0.25) is 0 Å². The molecule has 2 heterocycles. The molecule has 0 saturated carbocycles. The first-order valence-electron chi connectivity index (χ1n) is 7.48. The van der Waals surface area contributed by atoms with Gasteiger partial charge in [0, 0.05) is 32.2 Å². The van der Waals surface area contributed by atoms with Gasteiger partial charge in [0.25, 0.3) is 0 Å². The second kappa shape index (κ2) is 8.71. The molecule has 112 valence electrons. The third-order valence-corrected chi connectivity index (χ3v) is 3.28. The molecule has 2 N–H and O–H groups in total. The van der Waals surface area contributed by atoms with Crippen molar-refractivity contribution in [3.05, 3.63) is 12.4 Å². The van der Waals surface area contributed by atoms with Crippen LogP contribution in [0.15, 0.2) is 12.4 Å². The normalized spacial score (nSPS) is 16.1. The molecule has 0 radical (unpaired) electrons. The van der Waals surface area contributed by atoms with E-state index in [9.17, 15) is 0 Å². The summed E-state index contributed by atoms with van der Waals surface area (Å²) in [4.78, 5) is 10.9. The van der Waals surface area contributed by atoms with Gasteiger partial charge in [-0.15, -0.1) is 0 Å². The van der Waals surface area contributed by atoms with Gasteiger partial charge < -0.3 is 15.4 Å². The van der Waals surface area contributed by atoms with Gasteiger partial charge in [-0.1, -0.05) is 6.92 Å². The van der Waals surface area contributed by atoms with Crippen LogP contribution in [-0.2, 0) is 4.74 Å². The zero-order valence-electron chi connectivity index (χ0n) is 12.3. The van der Waals surface area contributed by atoms with Crippen molar-refractivity contribution in [2.75, 3.05) is 56.6 Å². The molecule has 0 atom stereocenters. The van der Waals surface area contributed by atoms with Gasteiger partial charge in [0.1, 0.15) is 18.0 Å². The molecule has 2 rings (SSSR count). The predicted octanol–water partition coefficient (Wildman–Crippen LogP) is 1.43. The van der Waals surface area contributed by atoms with Crippen molar-refractivity contribution in [2.45, 2.75) is 19.8 Å². The Hall–Kier alpha value is -1.40. The van der Waals surface area contributed by atoms with E-state index in [0.717, 1.165) is 70.4 Å². The minimum absolute atomic E-state index is 0.867. The van der Waals surface area contributed by atoms with Crippen LogP contribution >= 0.6 is 0 Å². The molecule has 6 nitrogen and oxygen atoms in total. The minimum Gasteiger partial charge on any atom is -0.379 e. The third-order valence-electron chi connectivity index (χ3n) is 3.28. The Labute approximate surface area is 120 Å². The highest BCUT2D eigenvalue weighted by Crippen LogP contribution is 2.08. The number of nitrogens with zero attached hydrogens (tertiary/aromatic N) is 3. The summed E-state index contributed by atoms with van der Waals surface area (Å²) in [6.07, 6.45) is 3.80. The molecule has 1 aliphatic rings. The number of hydrogen-bond donors (Lipinski definition) is 2. The van der Waals surface area contributed by atoms with Crippen LogP contribution in [0.1, 0.15) is 19.8 Å². The number of nitrogens with one attached hydrogen (secondary N) is 2. The summed E-state index contributed by atoms with van der Waals surface area (Å²) in [5.74, 6) is 1.78. The summed E-state index contributed by atoms with van der Waals surface area (Å²) in [5, 5.41) is 6.62. The van der Waals surface area contributed by atoms with Crippen molar-refractivity contribution < 1.29 is 4.74 Å². The van der Waals surface area contributed by atoms with Crippen molar-refractivity contribution in [2.24, 2.45) is 0 Å². The van der Waals surface area contributed by atoms with Crippen LogP contribution < -0.4 is 10.6 Å². The zero-order chi connectivity index (χ0) is 14.0. The Bertz CT molecular complexity index is 382. The summed E-state index contributed by atoms with van der Waals surface area (Å²) in [5.41, 5.74) is 0. The Morgan fingerprint density at radius 2 is 1.85 bits per heavy atom. The van der Waals surface area contributed by atoms with Gasteiger partial charge in [0.05, 0.1) is 13.2 Å². The van der Waals surface area contributed by atoms with Crippen molar-refractivity contribution in [1.29, 1.82) is 0 Å². The molecule has 0 amide bonds. The molecule has 1 aromatic rings. The SMILES string of the molecule is CCCNc1cc(NCCCN2CCOCC2)ncn1. The van der Waals surface area contributed by atoms with Crippen LogP contribution in [0.5, 0.6) is 0 Å². The highest BCUT2D eigenvalue weighted by Gasteiger charge is 2.09. The molecule has 1 saturated heterocycles. The zero-order valence-corrected chi connectivity index (χ0v) is 12.3. The molecule has 1 aromatic heterocycles. The van der Waals surface area contributed by atoms with Gasteiger partial charge in [0.2, 0.25) is 0 Å². The Morgan fingerprint density at radius 1 is 1.15 bits per heavy atom. The number of hydrogen-bond acceptors (Lipinski definition) is 6. The topological polar surface area (TPSA) is 62.3 Å². The molecule has 0 spiro atoms. The van der Waals surface area contributed by atoms with E-state index in [1.807, 2.05) is 6.07 Å². The molecule has 6 heteroatoms. The van der Waals surface area contributed by atoms with Gasteiger partial charge in [-0.05, 0) is 19.4 Å². The lowest BCUT2D eigenvalue weighted by molar-refractivity contribution is 0.0378. The van der Waals surface area contributed by atoms with E-state index >= 15 is 0 Å². The van der Waals surface area contributed by atoms with Crippen LogP contribution in [0.3, 0.4) is 0 Å². The van der Waals surface area contributed by atoms with Crippen molar-refractivity contribution >= 4 is 11.6 Å². The Morgan fingerprint density at radius 3 is 2.55 bits per heavy atom. The highest BCUT2D eigenvalue weighted by molar-refractivity contribution is 5.46. The van der Waals surface area contributed by atoms with Crippen LogP contribution in [-0.4, -0.2) is 60.8 Å². The lowest BCUT2D eigenvalue weighted by Gasteiger charge is -2.26. The fourth-order valence-electron chi connectivity index (χ4n) is 2.15. The summed E-state index contributed by atoms with van der Waals surface area (Å²) >= 11 is 0. The highest BCUT2D eigenvalue weighted by atomic mass is 16.5. The first-order valence-corrected chi connectivity index (χ1v) is 7.48. The van der Waals surface area contributed by atoms with Gasteiger partial charge in [0.15, 0.2) is 0 Å². The standard InChI is InChI=1S/C14H25N5O/c1-2-4-15-13-11-14(18-12-17-13)16-5-3-6-19-7-9-20-10-8-19/h11-12H,2-10H2,1H3,(H2,15,16,17,18). The number of anilines is 2. The van der Waals surface area contributed by atoms with Crippen molar-refractivity contribution in [3.8, 4) is 0 Å². The molecule has 0 aromatic carbocycles. The molecule has 20 heavy (non-hydrogen) atoms. The van der Waals surface area contributed by atoms with E-state index in [4.69, 9.17) is 4.74 Å². The molecule has 1 aliphatic heterocycles. The monoisotopic (exact) mass is 279 g/mol. The predicted molar refractivity (Wildman–Crippen MR) is 81.2 cm³/mol. The number of ether oxygens (including phenoxy) is 1. The summed E-state index contributed by atoms with van der Waals surface area (Å²) in [6, 6.07) is 1.96. The van der Waals surface area contributed by atoms with Gasteiger partial charge in [-0.3, -0.25) is 4.90 Å². The van der Waals surface area contributed by atoms with E-state index in [0.29, 0.717) is 0 Å². The lowest BCUT2D eigenvalue weighted by Crippen LogP contribution is -2.37. The second-order valence-corrected chi connectivity index (χ2v) is 4.95. The molecular formula is C14H25N5O. The Kier molecular flexibility index (Phi) is 6.53. The average molecular weight is 279 g/mol. The molecule has 0 unspecified atom stereocenters. The average Bonchev–Trinajstić information content (AvgIpc) is 2.51. The number of morpholine rings is 1. The van der Waals surface area contributed by atoms with Crippen LogP contribution in [0.4, 0.5) is 11.6 Å². The minimum atomic E-state index is 0.867. The first-order chi connectivity index (χ1) is 9.88. The lowest BCUT2D eigenvalue weighted by atomic mass is 10.3. The maximum absolute atomic E-state index is 5.34. The Balaban J connectivity index is 1.65. The fraction of sp³-hybridized carbons (Fsp3) is 0.714. The van der Waals surface area contributed by atoms with Gasteiger partial charge in [-0.2, -0.15) is 0 Å². The number of aromatic nitrogens is 2. The largest absolute Gasteiger partial charge is 0.379 e. The summed E-state index contributed by atoms with van der Waals surface area (Å²) in [7, 11) is 0. The van der Waals surface area contributed by atoms with Gasteiger partial charge in [-0.25, -0.2) is 9.97 Å². The van der Waals surface area contributed by atoms with E-state index in [1.165, 1.54) is 0 Å². The third kappa shape index (κ3) is 5.30. The van der Waals surface area contributed by atoms with E-state index in [2.05, 4.69) is 32.4 Å². The smallest absolute Gasteiger partial charge is 0.131 e. The van der Waals surface area contributed by atoms with E-state index in [1.54, 1.807) is 6.33 Å². The van der Waals surface area contributed by atoms with Gasteiger partial charge >= 0.3 is 0 Å². The molecule has 0 aliphatic carbocycles.